The van der Waals surface area contributed by atoms with Gasteiger partial charge in [-0.25, -0.2) is 4.98 Å². The first-order valence-corrected chi connectivity index (χ1v) is 8.41. The van der Waals surface area contributed by atoms with E-state index in [4.69, 9.17) is 12.2 Å². The van der Waals surface area contributed by atoms with E-state index in [1.165, 1.54) is 10.4 Å². The fraction of sp³-hybridized carbons (Fsp3) is 0.235. The number of thiophene rings is 1. The normalized spacial score (nSPS) is 20.5. The molecule has 4 rings (SSSR count). The SMILES string of the molecule is N#C[C@@]1(c2ccccc2)CCc2c(sc3nc[nH]c(=S)c23)C1. The molecule has 1 aliphatic rings. The number of aromatic nitrogens is 2. The van der Waals surface area contributed by atoms with Crippen LogP contribution >= 0.6 is 23.6 Å². The van der Waals surface area contributed by atoms with Crippen molar-refractivity contribution < 1.29 is 0 Å². The molecule has 0 bridgehead atoms. The number of nitrogens with zero attached hydrogens (tertiary/aromatic N) is 2. The van der Waals surface area contributed by atoms with Crippen LogP contribution in [-0.4, -0.2) is 9.97 Å². The van der Waals surface area contributed by atoms with Gasteiger partial charge in [-0.1, -0.05) is 42.5 Å². The van der Waals surface area contributed by atoms with Gasteiger partial charge >= 0.3 is 0 Å². The first-order valence-electron chi connectivity index (χ1n) is 7.18. The second kappa shape index (κ2) is 5.01. The van der Waals surface area contributed by atoms with Gasteiger partial charge in [0.2, 0.25) is 0 Å². The number of benzene rings is 1. The van der Waals surface area contributed by atoms with Crippen molar-refractivity contribution in [2.75, 3.05) is 0 Å². The molecule has 1 aromatic carbocycles. The minimum atomic E-state index is -0.430. The van der Waals surface area contributed by atoms with Crippen LogP contribution in [0.4, 0.5) is 0 Å². The first kappa shape index (κ1) is 13.6. The molecule has 5 heteroatoms. The third kappa shape index (κ3) is 1.92. The average molecular weight is 323 g/mol. The van der Waals surface area contributed by atoms with Crippen molar-refractivity contribution in [1.82, 2.24) is 9.97 Å². The smallest absolute Gasteiger partial charge is 0.128 e. The van der Waals surface area contributed by atoms with Gasteiger partial charge in [0.1, 0.15) is 9.47 Å². The zero-order valence-corrected chi connectivity index (χ0v) is 13.4. The first-order chi connectivity index (χ1) is 10.7. The van der Waals surface area contributed by atoms with Crippen LogP contribution in [0.5, 0.6) is 0 Å². The molecule has 0 saturated carbocycles. The van der Waals surface area contributed by atoms with E-state index in [2.05, 4.69) is 28.2 Å². The molecule has 1 atom stereocenters. The molecule has 1 N–H and O–H groups in total. The predicted octanol–water partition coefficient (Wildman–Crippen LogP) is 4.30. The molecule has 1 aliphatic carbocycles. The van der Waals surface area contributed by atoms with Gasteiger partial charge in [0, 0.05) is 16.7 Å². The van der Waals surface area contributed by atoms with Gasteiger partial charge in [-0.2, -0.15) is 5.26 Å². The lowest BCUT2D eigenvalue weighted by Gasteiger charge is -2.31. The van der Waals surface area contributed by atoms with Crippen LogP contribution in [0.3, 0.4) is 0 Å². The van der Waals surface area contributed by atoms with Crippen LogP contribution in [0.1, 0.15) is 22.4 Å². The van der Waals surface area contributed by atoms with Gasteiger partial charge in [0.15, 0.2) is 0 Å². The minimum Gasteiger partial charge on any atom is -0.337 e. The molecule has 0 fully saturated rings. The Morgan fingerprint density at radius 2 is 2.14 bits per heavy atom. The Balaban J connectivity index is 1.88. The minimum absolute atomic E-state index is 0.430. The Labute approximate surface area is 137 Å². The lowest BCUT2D eigenvalue weighted by atomic mass is 9.70. The topological polar surface area (TPSA) is 52.5 Å². The van der Waals surface area contributed by atoms with Crippen molar-refractivity contribution in [3.8, 4) is 6.07 Å². The van der Waals surface area contributed by atoms with Gasteiger partial charge in [-0.05, 0) is 24.0 Å². The number of fused-ring (bicyclic) bond motifs is 3. The Bertz CT molecular complexity index is 949. The van der Waals surface area contributed by atoms with Gasteiger partial charge in [0.25, 0.3) is 0 Å². The lowest BCUT2D eigenvalue weighted by molar-refractivity contribution is 0.480. The summed E-state index contributed by atoms with van der Waals surface area (Å²) in [7, 11) is 0. The molecule has 0 radical (unpaired) electrons. The molecule has 0 saturated heterocycles. The van der Waals surface area contributed by atoms with E-state index >= 15 is 0 Å². The summed E-state index contributed by atoms with van der Waals surface area (Å²) < 4.78 is 0.756. The molecule has 3 aromatic rings. The van der Waals surface area contributed by atoms with Crippen molar-refractivity contribution in [1.29, 1.82) is 5.26 Å². The Hall–Kier alpha value is -2.03. The maximum Gasteiger partial charge on any atom is 0.128 e. The second-order valence-corrected chi connectivity index (χ2v) is 7.14. The molecule has 0 spiro atoms. The van der Waals surface area contributed by atoms with Gasteiger partial charge in [-0.3, -0.25) is 0 Å². The molecule has 108 valence electrons. The summed E-state index contributed by atoms with van der Waals surface area (Å²) in [5, 5.41) is 10.9. The summed E-state index contributed by atoms with van der Waals surface area (Å²) in [4.78, 5) is 9.67. The fourth-order valence-electron chi connectivity index (χ4n) is 3.32. The number of nitrogens with one attached hydrogen (secondary N) is 1. The van der Waals surface area contributed by atoms with Crippen LogP contribution in [0.2, 0.25) is 0 Å². The zero-order valence-electron chi connectivity index (χ0n) is 11.8. The largest absolute Gasteiger partial charge is 0.337 e. The highest BCUT2D eigenvalue weighted by molar-refractivity contribution is 7.71. The molecule has 0 amide bonds. The number of hydrogen-bond donors (Lipinski definition) is 1. The van der Waals surface area contributed by atoms with Crippen molar-refractivity contribution >= 4 is 33.8 Å². The van der Waals surface area contributed by atoms with E-state index in [1.807, 2.05) is 18.2 Å². The van der Waals surface area contributed by atoms with Crippen LogP contribution in [0.25, 0.3) is 10.2 Å². The number of aryl methyl sites for hydroxylation is 1. The van der Waals surface area contributed by atoms with Crippen LogP contribution in [0, 0.1) is 16.0 Å². The van der Waals surface area contributed by atoms with E-state index in [-0.39, 0.29) is 0 Å². The number of aromatic amines is 1. The van der Waals surface area contributed by atoms with Crippen molar-refractivity contribution in [2.45, 2.75) is 24.7 Å². The third-order valence-electron chi connectivity index (χ3n) is 4.48. The van der Waals surface area contributed by atoms with Crippen LogP contribution in [-0.2, 0) is 18.3 Å². The molecule has 2 heterocycles. The van der Waals surface area contributed by atoms with E-state index in [9.17, 15) is 5.26 Å². The van der Waals surface area contributed by atoms with Crippen LogP contribution < -0.4 is 0 Å². The number of nitriles is 1. The quantitative estimate of drug-likeness (QED) is 0.679. The highest BCUT2D eigenvalue weighted by Gasteiger charge is 2.38. The van der Waals surface area contributed by atoms with Gasteiger partial charge in [0.05, 0.1) is 17.8 Å². The van der Waals surface area contributed by atoms with Gasteiger partial charge < -0.3 is 4.98 Å². The second-order valence-electron chi connectivity index (χ2n) is 5.65. The molecule has 3 nitrogen and oxygen atoms in total. The summed E-state index contributed by atoms with van der Waals surface area (Å²) in [5.41, 5.74) is 1.97. The summed E-state index contributed by atoms with van der Waals surface area (Å²) in [6, 6.07) is 12.7. The Kier molecular flexibility index (Phi) is 3.10. The summed E-state index contributed by atoms with van der Waals surface area (Å²) in [6.07, 6.45) is 4.11. The fourth-order valence-corrected chi connectivity index (χ4v) is 4.97. The molecular weight excluding hydrogens is 310 g/mol. The van der Waals surface area contributed by atoms with E-state index in [0.717, 1.165) is 39.7 Å². The number of hydrogen-bond acceptors (Lipinski definition) is 4. The molecule has 2 aromatic heterocycles. The third-order valence-corrected chi connectivity index (χ3v) is 5.94. The Morgan fingerprint density at radius 1 is 1.32 bits per heavy atom. The van der Waals surface area contributed by atoms with Crippen molar-refractivity contribution in [3.05, 3.63) is 57.3 Å². The summed E-state index contributed by atoms with van der Waals surface area (Å²) in [5.74, 6) is 0. The van der Waals surface area contributed by atoms with Gasteiger partial charge in [-0.15, -0.1) is 11.3 Å². The zero-order chi connectivity index (χ0) is 15.2. The van der Waals surface area contributed by atoms with E-state index in [0.29, 0.717) is 0 Å². The average Bonchev–Trinajstić information content (AvgIpc) is 2.94. The molecular formula is C17H13N3S2. The maximum atomic E-state index is 9.86. The maximum absolute atomic E-state index is 9.86. The predicted molar refractivity (Wildman–Crippen MR) is 90.6 cm³/mol. The van der Waals surface area contributed by atoms with Crippen LogP contribution in [0.15, 0.2) is 36.7 Å². The molecule has 0 unspecified atom stereocenters. The number of rotatable bonds is 1. The van der Waals surface area contributed by atoms with Crippen molar-refractivity contribution in [2.24, 2.45) is 0 Å². The van der Waals surface area contributed by atoms with Crippen molar-refractivity contribution in [3.63, 3.8) is 0 Å². The molecule has 0 aliphatic heterocycles. The molecule has 22 heavy (non-hydrogen) atoms. The number of H-pyrrole nitrogens is 1. The summed E-state index contributed by atoms with van der Waals surface area (Å²) in [6.45, 7) is 0. The monoisotopic (exact) mass is 323 g/mol. The van der Waals surface area contributed by atoms with E-state index < -0.39 is 5.41 Å². The highest BCUT2D eigenvalue weighted by Crippen LogP contribution is 2.43. The summed E-state index contributed by atoms with van der Waals surface area (Å²) >= 11 is 7.10. The van der Waals surface area contributed by atoms with E-state index in [1.54, 1.807) is 17.7 Å². The highest BCUT2D eigenvalue weighted by atomic mass is 32.1. The standard InChI is InChI=1S/C17H13N3S2/c18-9-17(11-4-2-1-3-5-11)7-6-12-13(8-17)22-16-14(12)15(21)19-10-20-16/h1-5,10H,6-8H2,(H,19,20,21)/t17-/m1/s1. The lowest BCUT2D eigenvalue weighted by Crippen LogP contribution is -2.31. The Morgan fingerprint density at radius 3 is 2.91 bits per heavy atom.